The van der Waals surface area contributed by atoms with Crippen LogP contribution in [0, 0.1) is 36.3 Å². The van der Waals surface area contributed by atoms with Crippen molar-refractivity contribution in [2.24, 2.45) is 17.8 Å². The minimum atomic E-state index is -1.01. The summed E-state index contributed by atoms with van der Waals surface area (Å²) in [4.78, 5) is 0. The molecule has 1 N–H and O–H groups in total. The van der Waals surface area contributed by atoms with Gasteiger partial charge in [-0.25, -0.2) is 8.78 Å². The number of aliphatic hydroxyl groups excluding tert-OH is 1. The van der Waals surface area contributed by atoms with Crippen LogP contribution < -0.4 is 0 Å². The zero-order valence-corrected chi connectivity index (χ0v) is 11.2. The predicted molar refractivity (Wildman–Crippen MR) is 69.6 cm³/mol. The zero-order chi connectivity index (χ0) is 13.6. The van der Waals surface area contributed by atoms with Crippen molar-refractivity contribution in [1.82, 2.24) is 0 Å². The van der Waals surface area contributed by atoms with Crippen molar-refractivity contribution in [3.05, 3.63) is 34.9 Å². The van der Waals surface area contributed by atoms with E-state index >= 15 is 0 Å². The van der Waals surface area contributed by atoms with Gasteiger partial charge in [0.1, 0.15) is 11.6 Å². The summed E-state index contributed by atoms with van der Waals surface area (Å²) >= 11 is 0. The largest absolute Gasteiger partial charge is 0.388 e. The third-order valence-corrected chi connectivity index (χ3v) is 5.06. The third kappa shape index (κ3) is 2.29. The van der Waals surface area contributed by atoms with Crippen molar-refractivity contribution in [1.29, 1.82) is 0 Å². The monoisotopic (exact) mass is 266 g/mol. The van der Waals surface area contributed by atoms with E-state index in [2.05, 4.69) is 0 Å². The summed E-state index contributed by atoms with van der Waals surface area (Å²) in [6, 6.07) is 2.66. The van der Waals surface area contributed by atoms with Gasteiger partial charge in [-0.1, -0.05) is 12.5 Å². The van der Waals surface area contributed by atoms with E-state index in [1.165, 1.54) is 31.4 Å². The van der Waals surface area contributed by atoms with Crippen LogP contribution >= 0.6 is 0 Å². The summed E-state index contributed by atoms with van der Waals surface area (Å²) in [6.45, 7) is 1.60. The summed E-state index contributed by atoms with van der Waals surface area (Å²) in [6.07, 6.45) is 4.38. The van der Waals surface area contributed by atoms with Gasteiger partial charge >= 0.3 is 0 Å². The molecule has 2 bridgehead atoms. The summed E-state index contributed by atoms with van der Waals surface area (Å²) in [5.74, 6) is 0.674. The fraction of sp³-hybridized carbons (Fsp3) is 0.625. The van der Waals surface area contributed by atoms with Gasteiger partial charge in [0.05, 0.1) is 11.7 Å². The van der Waals surface area contributed by atoms with Crippen LogP contribution in [0.5, 0.6) is 0 Å². The standard InChI is InChI=1S/C16H20F2O/c1-9-2-5-13(17)15(16(9)18)14(19)8-12-7-10-3-4-11(12)6-10/h2,5,10-12,14,19H,3-4,6-8H2,1H3. The van der Waals surface area contributed by atoms with E-state index in [0.717, 1.165) is 12.3 Å². The van der Waals surface area contributed by atoms with Crippen molar-refractivity contribution < 1.29 is 13.9 Å². The van der Waals surface area contributed by atoms with Crippen molar-refractivity contribution in [3.8, 4) is 0 Å². The molecule has 0 aliphatic heterocycles. The molecule has 4 atom stereocenters. The van der Waals surface area contributed by atoms with E-state index in [9.17, 15) is 13.9 Å². The molecule has 2 aliphatic rings. The van der Waals surface area contributed by atoms with Crippen LogP contribution in [0.2, 0.25) is 0 Å². The number of aliphatic hydroxyl groups is 1. The van der Waals surface area contributed by atoms with Gasteiger partial charge in [-0.05, 0) is 62.0 Å². The Kier molecular flexibility index (Phi) is 3.34. The maximum Gasteiger partial charge on any atom is 0.134 e. The minimum Gasteiger partial charge on any atom is -0.388 e. The molecular weight excluding hydrogens is 246 g/mol. The molecule has 0 heterocycles. The lowest BCUT2D eigenvalue weighted by molar-refractivity contribution is 0.118. The first-order valence-electron chi connectivity index (χ1n) is 7.18. The van der Waals surface area contributed by atoms with Gasteiger partial charge in [0.15, 0.2) is 0 Å². The first kappa shape index (κ1) is 13.0. The highest BCUT2D eigenvalue weighted by Gasteiger charge is 2.40. The second-order valence-corrected chi connectivity index (χ2v) is 6.28. The Morgan fingerprint density at radius 2 is 2.05 bits per heavy atom. The number of aryl methyl sites for hydroxylation is 1. The molecule has 0 radical (unpaired) electrons. The van der Waals surface area contributed by atoms with E-state index in [-0.39, 0.29) is 5.56 Å². The van der Waals surface area contributed by atoms with Gasteiger partial charge in [-0.3, -0.25) is 0 Å². The fourth-order valence-electron chi connectivity index (χ4n) is 4.05. The van der Waals surface area contributed by atoms with Crippen molar-refractivity contribution in [2.75, 3.05) is 0 Å². The molecule has 2 aliphatic carbocycles. The number of halogens is 2. The topological polar surface area (TPSA) is 20.2 Å². The lowest BCUT2D eigenvalue weighted by Crippen LogP contribution is -2.16. The molecule has 104 valence electrons. The Balaban J connectivity index is 1.77. The van der Waals surface area contributed by atoms with Crippen molar-refractivity contribution >= 4 is 0 Å². The molecule has 2 fully saturated rings. The van der Waals surface area contributed by atoms with E-state index in [1.54, 1.807) is 6.92 Å². The Bertz CT molecular complexity index is 486. The number of hydrogen-bond donors (Lipinski definition) is 1. The van der Waals surface area contributed by atoms with Gasteiger partial charge < -0.3 is 5.11 Å². The van der Waals surface area contributed by atoms with Gasteiger partial charge in [0.25, 0.3) is 0 Å². The molecule has 0 saturated heterocycles. The van der Waals surface area contributed by atoms with Gasteiger partial charge in [0, 0.05) is 0 Å². The smallest absolute Gasteiger partial charge is 0.134 e. The Hall–Kier alpha value is -0.960. The zero-order valence-electron chi connectivity index (χ0n) is 11.2. The Morgan fingerprint density at radius 3 is 2.68 bits per heavy atom. The number of benzene rings is 1. The summed E-state index contributed by atoms with van der Waals surface area (Å²) < 4.78 is 27.7. The molecule has 1 aromatic rings. The van der Waals surface area contributed by atoms with Gasteiger partial charge in [-0.15, -0.1) is 0 Å². The predicted octanol–water partition coefficient (Wildman–Crippen LogP) is 4.13. The number of fused-ring (bicyclic) bond motifs is 2. The first-order valence-corrected chi connectivity index (χ1v) is 7.18. The highest BCUT2D eigenvalue weighted by Crippen LogP contribution is 2.51. The molecule has 0 amide bonds. The molecule has 3 rings (SSSR count). The summed E-state index contributed by atoms with van der Waals surface area (Å²) in [5, 5.41) is 10.2. The van der Waals surface area contributed by atoms with Crippen LogP contribution in [-0.4, -0.2) is 5.11 Å². The van der Waals surface area contributed by atoms with Crippen LogP contribution in [-0.2, 0) is 0 Å². The molecule has 2 saturated carbocycles. The Labute approximate surface area is 112 Å². The fourth-order valence-corrected chi connectivity index (χ4v) is 4.05. The van der Waals surface area contributed by atoms with Crippen LogP contribution in [0.4, 0.5) is 8.78 Å². The second-order valence-electron chi connectivity index (χ2n) is 6.28. The molecule has 3 heteroatoms. The quantitative estimate of drug-likeness (QED) is 0.872. The lowest BCUT2D eigenvalue weighted by atomic mass is 9.83. The van der Waals surface area contributed by atoms with Crippen molar-refractivity contribution in [2.45, 2.75) is 45.1 Å². The number of hydrogen-bond acceptors (Lipinski definition) is 1. The molecule has 19 heavy (non-hydrogen) atoms. The van der Waals surface area contributed by atoms with Gasteiger partial charge in [0.2, 0.25) is 0 Å². The normalized spacial score (nSPS) is 30.8. The molecule has 4 unspecified atom stereocenters. The molecule has 1 nitrogen and oxygen atoms in total. The SMILES string of the molecule is Cc1ccc(F)c(C(O)CC2CC3CCC2C3)c1F. The van der Waals surface area contributed by atoms with Gasteiger partial charge in [-0.2, -0.15) is 0 Å². The van der Waals surface area contributed by atoms with E-state index in [1.807, 2.05) is 0 Å². The first-order chi connectivity index (χ1) is 9.06. The van der Waals surface area contributed by atoms with Crippen molar-refractivity contribution in [3.63, 3.8) is 0 Å². The maximum atomic E-state index is 14.0. The van der Waals surface area contributed by atoms with Crippen LogP contribution in [0.1, 0.15) is 49.3 Å². The van der Waals surface area contributed by atoms with Crippen LogP contribution in [0.25, 0.3) is 0 Å². The third-order valence-electron chi connectivity index (χ3n) is 5.06. The minimum absolute atomic E-state index is 0.136. The lowest BCUT2D eigenvalue weighted by Gasteiger charge is -2.24. The second kappa shape index (κ2) is 4.86. The van der Waals surface area contributed by atoms with E-state index in [0.29, 0.717) is 23.8 Å². The summed E-state index contributed by atoms with van der Waals surface area (Å²) in [7, 11) is 0. The van der Waals surface area contributed by atoms with Crippen LogP contribution in [0.15, 0.2) is 12.1 Å². The van der Waals surface area contributed by atoms with Crippen LogP contribution in [0.3, 0.4) is 0 Å². The molecule has 0 spiro atoms. The average molecular weight is 266 g/mol. The number of rotatable bonds is 3. The van der Waals surface area contributed by atoms with E-state index < -0.39 is 17.7 Å². The highest BCUT2D eigenvalue weighted by molar-refractivity contribution is 5.28. The Morgan fingerprint density at radius 1 is 1.26 bits per heavy atom. The highest BCUT2D eigenvalue weighted by atomic mass is 19.1. The maximum absolute atomic E-state index is 14.0. The van der Waals surface area contributed by atoms with E-state index in [4.69, 9.17) is 0 Å². The summed E-state index contributed by atoms with van der Waals surface area (Å²) in [5.41, 5.74) is 0.256. The molecule has 1 aromatic carbocycles. The molecular formula is C16H20F2O. The molecule has 0 aromatic heterocycles. The average Bonchev–Trinajstić information content (AvgIpc) is 2.96.